The van der Waals surface area contributed by atoms with Crippen LogP contribution in [-0.4, -0.2) is 22.8 Å². The Balaban J connectivity index is 2.26. The summed E-state index contributed by atoms with van der Waals surface area (Å²) in [5, 5.41) is 9.04. The molecule has 1 aliphatic rings. The summed E-state index contributed by atoms with van der Waals surface area (Å²) in [6.07, 6.45) is 0.199. The lowest BCUT2D eigenvalue weighted by Gasteiger charge is -2.05. The van der Waals surface area contributed by atoms with Crippen molar-refractivity contribution in [1.29, 1.82) is 0 Å². The van der Waals surface area contributed by atoms with Gasteiger partial charge in [0.2, 0.25) is 0 Å². The summed E-state index contributed by atoms with van der Waals surface area (Å²) in [7, 11) is 0. The van der Waals surface area contributed by atoms with Gasteiger partial charge in [0, 0.05) is 18.1 Å². The summed E-state index contributed by atoms with van der Waals surface area (Å²) in [6.45, 7) is -0.102. The average molecular weight is 304 g/mol. The van der Waals surface area contributed by atoms with E-state index in [1.807, 2.05) is 0 Å². The number of rotatable bonds is 1. The van der Waals surface area contributed by atoms with Crippen LogP contribution in [0.1, 0.15) is 5.56 Å². The van der Waals surface area contributed by atoms with Crippen LogP contribution in [0.4, 0.5) is 4.39 Å². The molecular formula is C10H7BrFNO2S. The maximum absolute atomic E-state index is 13.7. The number of halogens is 2. The molecule has 2 aromatic rings. The van der Waals surface area contributed by atoms with Gasteiger partial charge in [-0.15, -0.1) is 11.3 Å². The van der Waals surface area contributed by atoms with Crippen LogP contribution < -0.4 is 4.74 Å². The summed E-state index contributed by atoms with van der Waals surface area (Å²) in [6, 6.07) is 1.37. The number of aliphatic hydroxyl groups excluding tert-OH is 1. The molecule has 0 radical (unpaired) electrons. The molecule has 84 valence electrons. The van der Waals surface area contributed by atoms with Crippen LogP contribution in [0.2, 0.25) is 0 Å². The molecule has 1 aromatic heterocycles. The smallest absolute Gasteiger partial charge is 0.167 e. The van der Waals surface area contributed by atoms with Crippen molar-refractivity contribution < 1.29 is 14.2 Å². The van der Waals surface area contributed by atoms with Crippen LogP contribution in [0, 0.1) is 5.82 Å². The SMILES string of the molecule is OCC1Cc2c(c(F)cc3nc(Br)sc23)O1. The van der Waals surface area contributed by atoms with Gasteiger partial charge < -0.3 is 9.84 Å². The van der Waals surface area contributed by atoms with Gasteiger partial charge in [-0.05, 0) is 15.9 Å². The molecule has 0 amide bonds. The molecule has 1 unspecified atom stereocenters. The summed E-state index contributed by atoms with van der Waals surface area (Å²) in [5.74, 6) is -0.140. The molecule has 0 aliphatic carbocycles. The fraction of sp³-hybridized carbons (Fsp3) is 0.300. The summed E-state index contributed by atoms with van der Waals surface area (Å²) in [5.41, 5.74) is 1.45. The molecule has 1 aromatic carbocycles. The van der Waals surface area contributed by atoms with Crippen LogP contribution in [-0.2, 0) is 6.42 Å². The molecule has 16 heavy (non-hydrogen) atoms. The second-order valence-electron chi connectivity index (χ2n) is 3.61. The van der Waals surface area contributed by atoms with Gasteiger partial charge in [-0.25, -0.2) is 9.37 Å². The molecule has 1 aliphatic heterocycles. The van der Waals surface area contributed by atoms with Crippen molar-refractivity contribution >= 4 is 37.5 Å². The van der Waals surface area contributed by atoms with Gasteiger partial charge in [0.1, 0.15) is 6.10 Å². The fourth-order valence-electron chi connectivity index (χ4n) is 1.90. The normalized spacial score (nSPS) is 18.8. The van der Waals surface area contributed by atoms with Gasteiger partial charge in [0.15, 0.2) is 15.5 Å². The van der Waals surface area contributed by atoms with E-state index in [0.717, 1.165) is 14.2 Å². The molecular weight excluding hydrogens is 297 g/mol. The van der Waals surface area contributed by atoms with Crippen LogP contribution in [0.5, 0.6) is 5.75 Å². The maximum atomic E-state index is 13.7. The Kier molecular flexibility index (Phi) is 2.38. The Morgan fingerprint density at radius 3 is 3.25 bits per heavy atom. The Morgan fingerprint density at radius 2 is 2.50 bits per heavy atom. The van der Waals surface area contributed by atoms with Crippen molar-refractivity contribution in [3.63, 3.8) is 0 Å². The number of benzene rings is 1. The second-order valence-corrected chi connectivity index (χ2v) is 5.88. The lowest BCUT2D eigenvalue weighted by atomic mass is 10.1. The minimum absolute atomic E-state index is 0.102. The summed E-state index contributed by atoms with van der Waals surface area (Å²) < 4.78 is 20.7. The van der Waals surface area contributed by atoms with Gasteiger partial charge in [-0.2, -0.15) is 0 Å². The largest absolute Gasteiger partial charge is 0.484 e. The van der Waals surface area contributed by atoms with Crippen molar-refractivity contribution in [3.05, 3.63) is 21.4 Å². The number of hydrogen-bond acceptors (Lipinski definition) is 4. The van der Waals surface area contributed by atoms with Crippen molar-refractivity contribution in [3.8, 4) is 5.75 Å². The van der Waals surface area contributed by atoms with Crippen molar-refractivity contribution in [2.24, 2.45) is 0 Å². The number of nitrogens with zero attached hydrogens (tertiary/aromatic N) is 1. The van der Waals surface area contributed by atoms with E-state index in [-0.39, 0.29) is 18.5 Å². The summed E-state index contributed by atoms with van der Waals surface area (Å²) >= 11 is 4.74. The fourth-order valence-corrected chi connectivity index (χ4v) is 3.40. The van der Waals surface area contributed by atoms with Gasteiger partial charge in [0.05, 0.1) is 16.8 Å². The first-order valence-corrected chi connectivity index (χ1v) is 6.35. The van der Waals surface area contributed by atoms with Crippen LogP contribution in [0.25, 0.3) is 10.2 Å². The third-order valence-corrected chi connectivity index (χ3v) is 4.16. The van der Waals surface area contributed by atoms with E-state index in [1.54, 1.807) is 0 Å². The average Bonchev–Trinajstić information content (AvgIpc) is 2.80. The third-order valence-electron chi connectivity index (χ3n) is 2.58. The van der Waals surface area contributed by atoms with Crippen molar-refractivity contribution in [2.75, 3.05) is 6.61 Å². The number of thiazole rings is 1. The second kappa shape index (κ2) is 3.65. The molecule has 6 heteroatoms. The zero-order valence-corrected chi connectivity index (χ0v) is 10.4. The quantitative estimate of drug-likeness (QED) is 0.880. The Hall–Kier alpha value is -0.720. The van der Waals surface area contributed by atoms with E-state index in [0.29, 0.717) is 11.9 Å². The van der Waals surface area contributed by atoms with E-state index >= 15 is 0 Å². The Bertz CT molecular complexity index is 571. The topological polar surface area (TPSA) is 42.4 Å². The monoisotopic (exact) mass is 303 g/mol. The number of fused-ring (bicyclic) bond motifs is 3. The van der Waals surface area contributed by atoms with Crippen LogP contribution in [0.15, 0.2) is 9.98 Å². The van der Waals surface area contributed by atoms with E-state index in [4.69, 9.17) is 9.84 Å². The van der Waals surface area contributed by atoms with E-state index in [1.165, 1.54) is 17.4 Å². The first-order chi connectivity index (χ1) is 7.69. The van der Waals surface area contributed by atoms with E-state index in [9.17, 15) is 4.39 Å². The van der Waals surface area contributed by atoms with E-state index in [2.05, 4.69) is 20.9 Å². The van der Waals surface area contributed by atoms with Crippen molar-refractivity contribution in [2.45, 2.75) is 12.5 Å². The molecule has 3 rings (SSSR count). The molecule has 3 nitrogen and oxygen atoms in total. The van der Waals surface area contributed by atoms with Crippen LogP contribution >= 0.6 is 27.3 Å². The van der Waals surface area contributed by atoms with Gasteiger partial charge in [-0.3, -0.25) is 0 Å². The molecule has 1 N–H and O–H groups in total. The Morgan fingerprint density at radius 1 is 1.69 bits per heavy atom. The lowest BCUT2D eigenvalue weighted by molar-refractivity contribution is 0.131. The first kappa shape index (κ1) is 10.4. The minimum atomic E-state index is -0.406. The molecule has 0 fully saturated rings. The molecule has 0 saturated carbocycles. The Labute approximate surface area is 103 Å². The highest BCUT2D eigenvalue weighted by Gasteiger charge is 2.28. The van der Waals surface area contributed by atoms with Crippen LogP contribution in [0.3, 0.4) is 0 Å². The zero-order chi connectivity index (χ0) is 11.3. The first-order valence-electron chi connectivity index (χ1n) is 4.74. The lowest BCUT2D eigenvalue weighted by Crippen LogP contribution is -2.17. The van der Waals surface area contributed by atoms with Gasteiger partial charge >= 0.3 is 0 Å². The third kappa shape index (κ3) is 1.44. The highest BCUT2D eigenvalue weighted by Crippen LogP contribution is 2.40. The molecule has 0 spiro atoms. The summed E-state index contributed by atoms with van der Waals surface area (Å²) in [4.78, 5) is 4.18. The molecule has 1 atom stereocenters. The van der Waals surface area contributed by atoms with Gasteiger partial charge in [-0.1, -0.05) is 0 Å². The van der Waals surface area contributed by atoms with Gasteiger partial charge in [0.25, 0.3) is 0 Å². The maximum Gasteiger partial charge on any atom is 0.167 e. The highest BCUT2D eigenvalue weighted by atomic mass is 79.9. The minimum Gasteiger partial charge on any atom is -0.484 e. The predicted octanol–water partition coefficient (Wildman–Crippen LogP) is 2.49. The molecule has 0 bridgehead atoms. The highest BCUT2D eigenvalue weighted by molar-refractivity contribution is 9.11. The molecule has 0 saturated heterocycles. The van der Waals surface area contributed by atoms with E-state index < -0.39 is 5.82 Å². The molecule has 2 heterocycles. The zero-order valence-electron chi connectivity index (χ0n) is 8.04. The standard InChI is InChI=1S/C10H7BrFNO2S/c11-10-13-7-2-6(12)8-5(9(7)16-10)1-4(3-14)15-8/h2,4,14H,1,3H2. The number of aromatic nitrogens is 1. The van der Waals surface area contributed by atoms with Crippen molar-refractivity contribution in [1.82, 2.24) is 4.98 Å². The predicted molar refractivity (Wildman–Crippen MR) is 62.5 cm³/mol. The number of ether oxygens (including phenoxy) is 1. The number of aliphatic hydroxyl groups is 1. The number of hydrogen-bond donors (Lipinski definition) is 1.